The average molecular weight is 300 g/mol. The standard InChI is InChI=1S/C11H8BrF2N3/c12-6-4-8(15)11(16-5-6)17-9-3-1-2-7(13)10(9)14/h1-5H,15H2,(H,16,17). The number of hydrogen-bond acceptors (Lipinski definition) is 3. The molecule has 88 valence electrons. The topological polar surface area (TPSA) is 50.9 Å². The van der Waals surface area contributed by atoms with Crippen LogP contribution in [0.1, 0.15) is 0 Å². The van der Waals surface area contributed by atoms with E-state index in [0.717, 1.165) is 6.07 Å². The number of nitrogens with two attached hydrogens (primary N) is 1. The molecule has 0 saturated carbocycles. The van der Waals surface area contributed by atoms with Crippen molar-refractivity contribution >= 4 is 33.1 Å². The Morgan fingerprint density at radius 2 is 2.06 bits per heavy atom. The van der Waals surface area contributed by atoms with E-state index < -0.39 is 11.6 Å². The van der Waals surface area contributed by atoms with Gasteiger partial charge in [-0.3, -0.25) is 0 Å². The molecule has 1 aromatic heterocycles. The van der Waals surface area contributed by atoms with Crippen molar-refractivity contribution in [3.05, 3.63) is 46.6 Å². The Hall–Kier alpha value is -1.69. The van der Waals surface area contributed by atoms with Gasteiger partial charge in [0.25, 0.3) is 0 Å². The van der Waals surface area contributed by atoms with E-state index >= 15 is 0 Å². The number of halogens is 3. The lowest BCUT2D eigenvalue weighted by atomic mass is 10.3. The molecule has 2 rings (SSSR count). The molecule has 2 aromatic rings. The quantitative estimate of drug-likeness (QED) is 0.893. The first-order valence-corrected chi connectivity index (χ1v) is 5.49. The van der Waals surface area contributed by atoms with E-state index in [1.54, 1.807) is 6.07 Å². The minimum Gasteiger partial charge on any atom is -0.396 e. The molecular formula is C11H8BrF2N3. The third-order valence-corrected chi connectivity index (χ3v) is 2.52. The molecule has 0 saturated heterocycles. The molecule has 0 spiro atoms. The Balaban J connectivity index is 2.35. The Bertz CT molecular complexity index is 560. The maximum absolute atomic E-state index is 13.4. The smallest absolute Gasteiger partial charge is 0.182 e. The molecule has 0 bridgehead atoms. The minimum absolute atomic E-state index is 0.00785. The predicted octanol–water partition coefficient (Wildman–Crippen LogP) is 3.45. The molecule has 0 fully saturated rings. The Morgan fingerprint density at radius 3 is 2.76 bits per heavy atom. The second-order valence-corrected chi connectivity index (χ2v) is 4.23. The summed E-state index contributed by atoms with van der Waals surface area (Å²) in [7, 11) is 0. The van der Waals surface area contributed by atoms with E-state index in [0.29, 0.717) is 10.2 Å². The van der Waals surface area contributed by atoms with Crippen LogP contribution in [0, 0.1) is 11.6 Å². The lowest BCUT2D eigenvalue weighted by Crippen LogP contribution is -2.01. The Morgan fingerprint density at radius 1 is 1.29 bits per heavy atom. The van der Waals surface area contributed by atoms with Crippen molar-refractivity contribution in [1.29, 1.82) is 0 Å². The zero-order valence-corrected chi connectivity index (χ0v) is 10.1. The molecule has 0 aliphatic heterocycles. The number of nitrogens with zero attached hydrogens (tertiary/aromatic N) is 1. The van der Waals surface area contributed by atoms with Crippen LogP contribution >= 0.6 is 15.9 Å². The Labute approximate surface area is 105 Å². The summed E-state index contributed by atoms with van der Waals surface area (Å²) in [6.45, 7) is 0. The van der Waals surface area contributed by atoms with Crippen molar-refractivity contribution in [2.75, 3.05) is 11.1 Å². The van der Waals surface area contributed by atoms with Crippen molar-refractivity contribution in [2.24, 2.45) is 0 Å². The maximum Gasteiger partial charge on any atom is 0.182 e. The van der Waals surface area contributed by atoms with E-state index in [-0.39, 0.29) is 11.5 Å². The number of pyridine rings is 1. The summed E-state index contributed by atoms with van der Waals surface area (Å²) in [5.74, 6) is -1.61. The molecule has 0 aliphatic rings. The lowest BCUT2D eigenvalue weighted by Gasteiger charge is -2.09. The molecule has 3 N–H and O–H groups in total. The SMILES string of the molecule is Nc1cc(Br)cnc1Nc1cccc(F)c1F. The molecule has 0 amide bonds. The van der Waals surface area contributed by atoms with Gasteiger partial charge in [-0.2, -0.15) is 0 Å². The lowest BCUT2D eigenvalue weighted by molar-refractivity contribution is 0.511. The zero-order chi connectivity index (χ0) is 12.4. The second kappa shape index (κ2) is 4.67. The van der Waals surface area contributed by atoms with Gasteiger partial charge >= 0.3 is 0 Å². The van der Waals surface area contributed by atoms with E-state index in [1.807, 2.05) is 0 Å². The Kier molecular flexibility index (Phi) is 3.23. The number of aromatic nitrogens is 1. The minimum atomic E-state index is -0.961. The molecule has 1 aromatic carbocycles. The number of nitrogen functional groups attached to an aromatic ring is 1. The molecule has 0 unspecified atom stereocenters. The molecule has 17 heavy (non-hydrogen) atoms. The van der Waals surface area contributed by atoms with Crippen molar-refractivity contribution in [1.82, 2.24) is 4.98 Å². The summed E-state index contributed by atoms with van der Waals surface area (Å²) in [6, 6.07) is 5.46. The highest BCUT2D eigenvalue weighted by Gasteiger charge is 2.09. The average Bonchev–Trinajstić information content (AvgIpc) is 2.28. The summed E-state index contributed by atoms with van der Waals surface area (Å²) in [4.78, 5) is 3.97. The van der Waals surface area contributed by atoms with Gasteiger partial charge in [-0.05, 0) is 34.1 Å². The fraction of sp³-hybridized carbons (Fsp3) is 0. The molecular weight excluding hydrogens is 292 g/mol. The van der Waals surface area contributed by atoms with Gasteiger partial charge < -0.3 is 11.1 Å². The fourth-order valence-electron chi connectivity index (χ4n) is 1.29. The van der Waals surface area contributed by atoms with Crippen molar-refractivity contribution in [3.63, 3.8) is 0 Å². The largest absolute Gasteiger partial charge is 0.396 e. The van der Waals surface area contributed by atoms with Crippen LogP contribution in [0.15, 0.2) is 34.9 Å². The van der Waals surface area contributed by atoms with Crippen LogP contribution < -0.4 is 11.1 Å². The zero-order valence-electron chi connectivity index (χ0n) is 8.55. The molecule has 3 nitrogen and oxygen atoms in total. The molecule has 6 heteroatoms. The van der Waals surface area contributed by atoms with Crippen LogP contribution in [0.4, 0.5) is 26.0 Å². The van der Waals surface area contributed by atoms with Gasteiger partial charge in [0.05, 0.1) is 11.4 Å². The number of anilines is 3. The van der Waals surface area contributed by atoms with Crippen LogP contribution in [-0.2, 0) is 0 Å². The summed E-state index contributed by atoms with van der Waals surface area (Å²) in [5.41, 5.74) is 6.01. The van der Waals surface area contributed by atoms with Gasteiger partial charge in [0.15, 0.2) is 17.5 Å². The van der Waals surface area contributed by atoms with Crippen molar-refractivity contribution in [2.45, 2.75) is 0 Å². The summed E-state index contributed by atoms with van der Waals surface area (Å²) < 4.78 is 27.1. The van der Waals surface area contributed by atoms with E-state index in [4.69, 9.17) is 5.73 Å². The first-order chi connectivity index (χ1) is 8.08. The number of benzene rings is 1. The monoisotopic (exact) mass is 299 g/mol. The molecule has 0 radical (unpaired) electrons. The first kappa shape index (κ1) is 11.8. The van der Waals surface area contributed by atoms with E-state index in [2.05, 4.69) is 26.2 Å². The summed E-state index contributed by atoms with van der Waals surface area (Å²) in [6.07, 6.45) is 1.51. The van der Waals surface area contributed by atoms with Crippen LogP contribution in [0.25, 0.3) is 0 Å². The third kappa shape index (κ3) is 2.52. The maximum atomic E-state index is 13.4. The highest BCUT2D eigenvalue weighted by Crippen LogP contribution is 2.25. The van der Waals surface area contributed by atoms with Gasteiger partial charge in [0.1, 0.15) is 0 Å². The highest BCUT2D eigenvalue weighted by atomic mass is 79.9. The van der Waals surface area contributed by atoms with Gasteiger partial charge in [-0.25, -0.2) is 13.8 Å². The van der Waals surface area contributed by atoms with Crippen molar-refractivity contribution in [3.8, 4) is 0 Å². The third-order valence-electron chi connectivity index (χ3n) is 2.09. The number of rotatable bonds is 2. The van der Waals surface area contributed by atoms with Crippen LogP contribution in [-0.4, -0.2) is 4.98 Å². The number of hydrogen-bond donors (Lipinski definition) is 2. The van der Waals surface area contributed by atoms with Gasteiger partial charge in [-0.15, -0.1) is 0 Å². The molecule has 0 aliphatic carbocycles. The summed E-state index contributed by atoms with van der Waals surface area (Å²) >= 11 is 3.20. The van der Waals surface area contributed by atoms with Crippen LogP contribution in [0.5, 0.6) is 0 Å². The van der Waals surface area contributed by atoms with Gasteiger partial charge in [0.2, 0.25) is 0 Å². The first-order valence-electron chi connectivity index (χ1n) is 4.70. The summed E-state index contributed by atoms with van der Waals surface area (Å²) in [5, 5.41) is 2.64. The second-order valence-electron chi connectivity index (χ2n) is 3.32. The number of nitrogens with one attached hydrogen (secondary N) is 1. The van der Waals surface area contributed by atoms with E-state index in [9.17, 15) is 8.78 Å². The van der Waals surface area contributed by atoms with Crippen LogP contribution in [0.2, 0.25) is 0 Å². The van der Waals surface area contributed by atoms with Crippen molar-refractivity contribution < 1.29 is 8.78 Å². The fourth-order valence-corrected chi connectivity index (χ4v) is 1.64. The van der Waals surface area contributed by atoms with Gasteiger partial charge in [0, 0.05) is 10.7 Å². The van der Waals surface area contributed by atoms with E-state index in [1.165, 1.54) is 18.3 Å². The van der Waals surface area contributed by atoms with Crippen LogP contribution in [0.3, 0.4) is 0 Å². The van der Waals surface area contributed by atoms with Gasteiger partial charge in [-0.1, -0.05) is 6.07 Å². The normalized spacial score (nSPS) is 10.3. The molecule has 1 heterocycles. The molecule has 0 atom stereocenters. The predicted molar refractivity (Wildman–Crippen MR) is 66.0 cm³/mol. The highest BCUT2D eigenvalue weighted by molar-refractivity contribution is 9.10.